The van der Waals surface area contributed by atoms with E-state index in [-0.39, 0.29) is 22.9 Å². The molecule has 0 aliphatic rings. The fourth-order valence-electron chi connectivity index (χ4n) is 4.26. The third-order valence-electron chi connectivity index (χ3n) is 5.90. The second-order valence-corrected chi connectivity index (χ2v) is 10.8. The predicted molar refractivity (Wildman–Crippen MR) is 145 cm³/mol. The Hall–Kier alpha value is -4.38. The van der Waals surface area contributed by atoms with Gasteiger partial charge < -0.3 is 16.2 Å². The number of aryl methyl sites for hydroxylation is 3. The van der Waals surface area contributed by atoms with Crippen molar-refractivity contribution in [3.8, 4) is 0 Å². The summed E-state index contributed by atoms with van der Waals surface area (Å²) in [6.45, 7) is 5.82. The lowest BCUT2D eigenvalue weighted by atomic mass is 9.96. The van der Waals surface area contributed by atoms with Crippen LogP contribution in [-0.4, -0.2) is 31.4 Å². The number of carbonyl (C=O) groups excluding carboxylic acids is 1. The molecule has 0 fully saturated rings. The Morgan fingerprint density at radius 2 is 1.63 bits per heavy atom. The van der Waals surface area contributed by atoms with Gasteiger partial charge in [0.2, 0.25) is 11.9 Å². The Morgan fingerprint density at radius 1 is 1.00 bits per heavy atom. The molecule has 200 valence electrons. The number of nitrogens with zero attached hydrogens (tertiary/aromatic N) is 1. The Bertz CT molecular complexity index is 1430. The number of sulfonamides is 1. The van der Waals surface area contributed by atoms with Gasteiger partial charge in [-0.05, 0) is 67.3 Å². The molecule has 6 N–H and O–H groups in total. The summed E-state index contributed by atoms with van der Waals surface area (Å²) in [4.78, 5) is 24.6. The number of nitrogens with two attached hydrogens (primary N) is 1. The minimum Gasteiger partial charge on any atom is -0.481 e. The summed E-state index contributed by atoms with van der Waals surface area (Å²) in [6, 6.07) is 16.7. The number of carboxylic acids is 1. The number of guanidine groups is 1. The molecule has 0 bridgehead atoms. The van der Waals surface area contributed by atoms with E-state index in [1.807, 2.05) is 32.9 Å². The van der Waals surface area contributed by atoms with E-state index in [4.69, 9.17) is 11.1 Å². The highest BCUT2D eigenvalue weighted by Gasteiger charge is 2.27. The van der Waals surface area contributed by atoms with Crippen LogP contribution in [0.2, 0.25) is 0 Å². The van der Waals surface area contributed by atoms with Crippen LogP contribution in [0.1, 0.15) is 40.3 Å². The van der Waals surface area contributed by atoms with Gasteiger partial charge in [0.05, 0.1) is 29.5 Å². The molecule has 11 heteroatoms. The minimum absolute atomic E-state index is 0.0432. The van der Waals surface area contributed by atoms with Gasteiger partial charge in [0, 0.05) is 0 Å². The molecule has 1 atom stereocenters. The summed E-state index contributed by atoms with van der Waals surface area (Å²) < 4.78 is 27.4. The number of hydrogen-bond donors (Lipinski definition) is 5. The molecule has 0 saturated heterocycles. The molecule has 38 heavy (non-hydrogen) atoms. The number of benzene rings is 3. The Labute approximate surface area is 222 Å². The Kier molecular flexibility index (Phi) is 8.74. The first kappa shape index (κ1) is 28.2. The number of carboxylic acid groups (broad SMARTS) is 1. The third-order valence-corrected chi connectivity index (χ3v) is 7.55. The quantitative estimate of drug-likeness (QED) is 0.151. The first-order valence-electron chi connectivity index (χ1n) is 11.8. The maximum atomic E-state index is 13.3. The van der Waals surface area contributed by atoms with Crippen molar-refractivity contribution in [3.05, 3.63) is 94.5 Å². The van der Waals surface area contributed by atoms with Gasteiger partial charge in [-0.15, -0.1) is 0 Å². The van der Waals surface area contributed by atoms with E-state index in [1.165, 1.54) is 30.3 Å². The number of anilines is 1. The van der Waals surface area contributed by atoms with Crippen LogP contribution in [0.3, 0.4) is 0 Å². The summed E-state index contributed by atoms with van der Waals surface area (Å²) in [6.07, 6.45) is -0.360. The van der Waals surface area contributed by atoms with Crippen LogP contribution >= 0.6 is 0 Å². The number of hydrogen-bond acceptors (Lipinski definition) is 5. The first-order valence-corrected chi connectivity index (χ1v) is 13.2. The number of aliphatic carboxylic acids is 1. The lowest BCUT2D eigenvalue weighted by molar-refractivity contribution is -0.137. The van der Waals surface area contributed by atoms with Crippen molar-refractivity contribution in [2.24, 2.45) is 5.73 Å². The van der Waals surface area contributed by atoms with E-state index < -0.39 is 34.4 Å². The molecule has 3 aromatic carbocycles. The summed E-state index contributed by atoms with van der Waals surface area (Å²) in [7, 11) is -4.19. The molecule has 3 rings (SSSR count). The van der Waals surface area contributed by atoms with E-state index in [1.54, 1.807) is 24.3 Å². The standard InChI is InChI=1S/C27H31N5O5S/c1-17-12-18(2)23(19(3)13-17)15-25(33)30-24(16-26(34)35)20-8-7-9-21(14-20)32(31-27(28)29)38(36,37)22-10-5-4-6-11-22/h4-14,24H,15-16H2,1-3H3,(H,30,33)(H,34,35)(H4,28,29,31). The molecular formula is C27H31N5O5S. The van der Waals surface area contributed by atoms with Gasteiger partial charge >= 0.3 is 5.97 Å². The fourth-order valence-corrected chi connectivity index (χ4v) is 5.58. The zero-order valence-electron chi connectivity index (χ0n) is 21.4. The van der Waals surface area contributed by atoms with Crippen molar-refractivity contribution in [1.29, 1.82) is 5.41 Å². The van der Waals surface area contributed by atoms with E-state index in [9.17, 15) is 23.1 Å². The van der Waals surface area contributed by atoms with Gasteiger partial charge in [-0.1, -0.05) is 48.0 Å². The van der Waals surface area contributed by atoms with Gasteiger partial charge in [-0.3, -0.25) is 20.4 Å². The van der Waals surface area contributed by atoms with Crippen molar-refractivity contribution in [1.82, 2.24) is 10.7 Å². The smallest absolute Gasteiger partial charge is 0.305 e. The molecule has 3 aromatic rings. The molecule has 0 spiro atoms. The lowest BCUT2D eigenvalue weighted by Gasteiger charge is -2.26. The van der Waals surface area contributed by atoms with Crippen LogP contribution in [0.25, 0.3) is 0 Å². The molecule has 0 aliphatic heterocycles. The topological polar surface area (TPSA) is 166 Å². The molecular weight excluding hydrogens is 506 g/mol. The average Bonchev–Trinajstić information content (AvgIpc) is 2.84. The first-order chi connectivity index (χ1) is 17.9. The van der Waals surface area contributed by atoms with Crippen molar-refractivity contribution in [3.63, 3.8) is 0 Å². The fraction of sp³-hybridized carbons (Fsp3) is 0.222. The van der Waals surface area contributed by atoms with Gasteiger partial charge in [-0.25, -0.2) is 0 Å². The maximum Gasteiger partial charge on any atom is 0.305 e. The Balaban J connectivity index is 1.95. The van der Waals surface area contributed by atoms with E-state index in [0.717, 1.165) is 26.7 Å². The second-order valence-electron chi connectivity index (χ2n) is 8.97. The number of hydrazine groups is 1. The van der Waals surface area contributed by atoms with Gasteiger partial charge in [0.1, 0.15) is 0 Å². The van der Waals surface area contributed by atoms with Crippen molar-refractivity contribution < 1.29 is 23.1 Å². The third kappa shape index (κ3) is 6.88. The van der Waals surface area contributed by atoms with Gasteiger partial charge in [0.25, 0.3) is 10.0 Å². The van der Waals surface area contributed by atoms with Crippen molar-refractivity contribution >= 4 is 33.5 Å². The monoisotopic (exact) mass is 537 g/mol. The van der Waals surface area contributed by atoms with E-state index in [2.05, 4.69) is 10.7 Å². The minimum atomic E-state index is -4.19. The number of amides is 1. The molecule has 0 saturated carbocycles. The molecule has 0 heterocycles. The number of rotatable bonds is 10. The molecule has 1 amide bonds. The molecule has 0 radical (unpaired) electrons. The van der Waals surface area contributed by atoms with Crippen LogP contribution in [0.5, 0.6) is 0 Å². The highest BCUT2D eigenvalue weighted by Crippen LogP contribution is 2.27. The highest BCUT2D eigenvalue weighted by atomic mass is 32.2. The lowest BCUT2D eigenvalue weighted by Crippen LogP contribution is -2.49. The summed E-state index contributed by atoms with van der Waals surface area (Å²) in [5, 5.41) is 19.9. The van der Waals surface area contributed by atoms with Gasteiger partial charge in [-0.2, -0.15) is 12.8 Å². The molecule has 10 nitrogen and oxygen atoms in total. The van der Waals surface area contributed by atoms with Crippen LogP contribution < -0.4 is 20.9 Å². The van der Waals surface area contributed by atoms with E-state index >= 15 is 0 Å². The maximum absolute atomic E-state index is 13.3. The summed E-state index contributed by atoms with van der Waals surface area (Å²) >= 11 is 0. The largest absolute Gasteiger partial charge is 0.481 e. The zero-order valence-corrected chi connectivity index (χ0v) is 22.2. The number of carbonyl (C=O) groups is 2. The zero-order chi connectivity index (χ0) is 28.0. The van der Waals surface area contributed by atoms with Crippen LogP contribution in [-0.2, 0) is 26.0 Å². The predicted octanol–water partition coefficient (Wildman–Crippen LogP) is 3.08. The summed E-state index contributed by atoms with van der Waals surface area (Å²) in [5.74, 6) is -2.12. The Morgan fingerprint density at radius 3 is 2.21 bits per heavy atom. The van der Waals surface area contributed by atoms with Crippen LogP contribution in [0.4, 0.5) is 5.69 Å². The molecule has 0 aliphatic carbocycles. The normalized spacial score (nSPS) is 11.9. The van der Waals surface area contributed by atoms with Crippen molar-refractivity contribution in [2.45, 2.75) is 44.6 Å². The summed E-state index contributed by atoms with van der Waals surface area (Å²) in [5.41, 5.74) is 12.1. The highest BCUT2D eigenvalue weighted by molar-refractivity contribution is 7.92. The molecule has 1 unspecified atom stereocenters. The number of nitrogens with one attached hydrogen (secondary N) is 3. The average molecular weight is 538 g/mol. The van der Waals surface area contributed by atoms with Crippen molar-refractivity contribution in [2.75, 3.05) is 4.41 Å². The van der Waals surface area contributed by atoms with Crippen LogP contribution in [0.15, 0.2) is 71.6 Å². The molecule has 0 aromatic heterocycles. The second kappa shape index (κ2) is 11.8. The van der Waals surface area contributed by atoms with E-state index in [0.29, 0.717) is 5.56 Å². The SMILES string of the molecule is Cc1cc(C)c(CC(=O)NC(CC(=O)O)c2cccc(N(NC(=N)N)S(=O)(=O)c3ccccc3)c2)c(C)c1. The van der Waals surface area contributed by atoms with Gasteiger partial charge in [0.15, 0.2) is 0 Å². The van der Waals surface area contributed by atoms with Crippen LogP contribution in [0, 0.1) is 26.2 Å².